The Balaban J connectivity index is 1.92. The van der Waals surface area contributed by atoms with Gasteiger partial charge in [-0.1, -0.05) is 22.0 Å². The Morgan fingerprint density at radius 1 is 1.59 bits per heavy atom. The van der Waals surface area contributed by atoms with Crippen LogP contribution in [-0.4, -0.2) is 25.6 Å². The van der Waals surface area contributed by atoms with Gasteiger partial charge in [-0.3, -0.25) is 4.79 Å². The highest BCUT2D eigenvalue weighted by Crippen LogP contribution is 2.23. The maximum Gasteiger partial charge on any atom is 0.175 e. The lowest BCUT2D eigenvalue weighted by molar-refractivity contribution is -0.124. The number of hydrogen-bond acceptors (Lipinski definition) is 3. The van der Waals surface area contributed by atoms with Crippen LogP contribution in [0.15, 0.2) is 22.7 Å². The second kappa shape index (κ2) is 5.65. The number of Topliss-reactive ketones (excluding diaryl/α,β-unsaturated/α-hetero) is 1. The van der Waals surface area contributed by atoms with Crippen molar-refractivity contribution in [1.29, 1.82) is 0 Å². The third kappa shape index (κ3) is 3.30. The average molecular weight is 299 g/mol. The molecule has 92 valence electrons. The van der Waals surface area contributed by atoms with Gasteiger partial charge >= 0.3 is 0 Å². The van der Waals surface area contributed by atoms with Crippen LogP contribution in [0.1, 0.15) is 12.0 Å². The van der Waals surface area contributed by atoms with Crippen LogP contribution in [0.5, 0.6) is 5.75 Å². The van der Waals surface area contributed by atoms with E-state index in [1.54, 1.807) is 0 Å². The van der Waals surface area contributed by atoms with E-state index in [4.69, 9.17) is 9.47 Å². The number of ketones is 1. The second-order valence-corrected chi connectivity index (χ2v) is 5.14. The Labute approximate surface area is 109 Å². The van der Waals surface area contributed by atoms with E-state index in [0.29, 0.717) is 13.2 Å². The van der Waals surface area contributed by atoms with Crippen molar-refractivity contribution in [3.8, 4) is 5.75 Å². The van der Waals surface area contributed by atoms with Gasteiger partial charge < -0.3 is 9.47 Å². The number of hydrogen-bond donors (Lipinski definition) is 0. The molecule has 0 bridgehead atoms. The second-order valence-electron chi connectivity index (χ2n) is 4.23. The van der Waals surface area contributed by atoms with E-state index in [1.807, 2.05) is 25.1 Å². The number of carbonyl (C=O) groups excluding carboxylic acids is 1. The first-order chi connectivity index (χ1) is 8.16. The molecule has 0 saturated carbocycles. The zero-order valence-corrected chi connectivity index (χ0v) is 11.3. The SMILES string of the molecule is Cc1ccc(Br)cc1OCC(=O)C1CCOC1. The molecule has 0 aliphatic carbocycles. The topological polar surface area (TPSA) is 35.5 Å². The predicted octanol–water partition coefficient (Wildman–Crippen LogP) is 2.74. The van der Waals surface area contributed by atoms with Crippen molar-refractivity contribution < 1.29 is 14.3 Å². The fourth-order valence-corrected chi connectivity index (χ4v) is 2.12. The van der Waals surface area contributed by atoms with Crippen LogP contribution in [0.2, 0.25) is 0 Å². The average Bonchev–Trinajstić information content (AvgIpc) is 2.83. The maximum atomic E-state index is 11.8. The third-order valence-electron chi connectivity index (χ3n) is 2.91. The molecule has 0 amide bonds. The molecule has 1 aliphatic rings. The van der Waals surface area contributed by atoms with Crippen LogP contribution in [-0.2, 0) is 9.53 Å². The molecule has 1 aromatic carbocycles. The van der Waals surface area contributed by atoms with Gasteiger partial charge in [-0.05, 0) is 31.0 Å². The van der Waals surface area contributed by atoms with Crippen LogP contribution < -0.4 is 4.74 Å². The molecule has 1 heterocycles. The standard InChI is InChI=1S/C13H15BrO3/c1-9-2-3-11(14)6-13(9)17-8-12(15)10-4-5-16-7-10/h2-3,6,10H,4-5,7-8H2,1H3. The van der Waals surface area contributed by atoms with Crippen molar-refractivity contribution in [2.75, 3.05) is 19.8 Å². The minimum absolute atomic E-state index is 0.0162. The van der Waals surface area contributed by atoms with Crippen molar-refractivity contribution in [2.45, 2.75) is 13.3 Å². The number of ether oxygens (including phenoxy) is 2. The van der Waals surface area contributed by atoms with Gasteiger partial charge in [0.2, 0.25) is 0 Å². The number of halogens is 1. The summed E-state index contributed by atoms with van der Waals surface area (Å²) in [6.07, 6.45) is 0.819. The van der Waals surface area contributed by atoms with Crippen molar-refractivity contribution in [3.63, 3.8) is 0 Å². The van der Waals surface area contributed by atoms with E-state index in [0.717, 1.165) is 22.2 Å². The molecule has 1 atom stereocenters. The summed E-state index contributed by atoms with van der Waals surface area (Å²) in [7, 11) is 0. The van der Waals surface area contributed by atoms with Crippen molar-refractivity contribution >= 4 is 21.7 Å². The summed E-state index contributed by atoms with van der Waals surface area (Å²) in [5.41, 5.74) is 1.03. The highest BCUT2D eigenvalue weighted by atomic mass is 79.9. The molecule has 3 nitrogen and oxygen atoms in total. The van der Waals surface area contributed by atoms with Crippen molar-refractivity contribution in [3.05, 3.63) is 28.2 Å². The van der Waals surface area contributed by atoms with E-state index in [9.17, 15) is 4.79 Å². The summed E-state index contributed by atoms with van der Waals surface area (Å²) in [6, 6.07) is 5.80. The minimum atomic E-state index is 0.0162. The van der Waals surface area contributed by atoms with E-state index in [2.05, 4.69) is 15.9 Å². The molecule has 4 heteroatoms. The Bertz CT molecular complexity index is 411. The highest BCUT2D eigenvalue weighted by molar-refractivity contribution is 9.10. The summed E-state index contributed by atoms with van der Waals surface area (Å²) in [6.45, 7) is 3.32. The molecule has 1 aliphatic heterocycles. The highest BCUT2D eigenvalue weighted by Gasteiger charge is 2.23. The monoisotopic (exact) mass is 298 g/mol. The largest absolute Gasteiger partial charge is 0.486 e. The summed E-state index contributed by atoms with van der Waals surface area (Å²) in [4.78, 5) is 11.8. The quantitative estimate of drug-likeness (QED) is 0.857. The molecule has 1 saturated heterocycles. The smallest absolute Gasteiger partial charge is 0.175 e. The van der Waals surface area contributed by atoms with E-state index in [-0.39, 0.29) is 18.3 Å². The van der Waals surface area contributed by atoms with E-state index in [1.165, 1.54) is 0 Å². The van der Waals surface area contributed by atoms with Gasteiger partial charge in [-0.15, -0.1) is 0 Å². The number of carbonyl (C=O) groups is 1. The normalized spacial score (nSPS) is 19.3. The molecule has 0 spiro atoms. The van der Waals surface area contributed by atoms with Crippen LogP contribution in [0.3, 0.4) is 0 Å². The van der Waals surface area contributed by atoms with E-state index < -0.39 is 0 Å². The number of aryl methyl sites for hydroxylation is 1. The van der Waals surface area contributed by atoms with Gasteiger partial charge in [0, 0.05) is 17.0 Å². The molecule has 0 aromatic heterocycles. The number of benzene rings is 1. The fourth-order valence-electron chi connectivity index (χ4n) is 1.78. The molecule has 2 rings (SSSR count). The molecular formula is C13H15BrO3. The van der Waals surface area contributed by atoms with Gasteiger partial charge in [0.15, 0.2) is 5.78 Å². The Morgan fingerprint density at radius 3 is 3.12 bits per heavy atom. The molecular weight excluding hydrogens is 284 g/mol. The van der Waals surface area contributed by atoms with Gasteiger partial charge in [-0.2, -0.15) is 0 Å². The fraction of sp³-hybridized carbons (Fsp3) is 0.462. The summed E-state index contributed by atoms with van der Waals surface area (Å²) in [5.74, 6) is 0.899. The number of rotatable bonds is 4. The lowest BCUT2D eigenvalue weighted by Crippen LogP contribution is -2.21. The van der Waals surface area contributed by atoms with Crippen molar-refractivity contribution in [2.24, 2.45) is 5.92 Å². The van der Waals surface area contributed by atoms with Crippen LogP contribution in [0.25, 0.3) is 0 Å². The summed E-state index contributed by atoms with van der Waals surface area (Å²) < 4.78 is 11.7. The zero-order chi connectivity index (χ0) is 12.3. The predicted molar refractivity (Wildman–Crippen MR) is 68.3 cm³/mol. The molecule has 17 heavy (non-hydrogen) atoms. The molecule has 1 aromatic rings. The van der Waals surface area contributed by atoms with Crippen LogP contribution in [0.4, 0.5) is 0 Å². The first-order valence-corrected chi connectivity index (χ1v) is 6.45. The Kier molecular flexibility index (Phi) is 4.18. The lowest BCUT2D eigenvalue weighted by Gasteiger charge is -2.11. The van der Waals surface area contributed by atoms with Crippen LogP contribution >= 0.6 is 15.9 Å². The molecule has 0 radical (unpaired) electrons. The summed E-state index contributed by atoms with van der Waals surface area (Å²) in [5, 5.41) is 0. The Hall–Kier alpha value is -0.870. The van der Waals surface area contributed by atoms with E-state index >= 15 is 0 Å². The summed E-state index contributed by atoms with van der Waals surface area (Å²) >= 11 is 3.38. The van der Waals surface area contributed by atoms with Crippen molar-refractivity contribution in [1.82, 2.24) is 0 Å². The molecule has 0 N–H and O–H groups in total. The first kappa shape index (κ1) is 12.6. The first-order valence-electron chi connectivity index (χ1n) is 5.66. The molecule has 1 unspecified atom stereocenters. The minimum Gasteiger partial charge on any atom is -0.486 e. The van der Waals surface area contributed by atoms with Crippen LogP contribution in [0, 0.1) is 12.8 Å². The lowest BCUT2D eigenvalue weighted by atomic mass is 10.0. The maximum absolute atomic E-state index is 11.8. The zero-order valence-electron chi connectivity index (χ0n) is 9.74. The molecule has 1 fully saturated rings. The van der Waals surface area contributed by atoms with Gasteiger partial charge in [0.25, 0.3) is 0 Å². The third-order valence-corrected chi connectivity index (χ3v) is 3.40. The van der Waals surface area contributed by atoms with Gasteiger partial charge in [0.1, 0.15) is 12.4 Å². The van der Waals surface area contributed by atoms with Gasteiger partial charge in [0.05, 0.1) is 6.61 Å². The van der Waals surface area contributed by atoms with Gasteiger partial charge in [-0.25, -0.2) is 0 Å². The Morgan fingerprint density at radius 2 is 2.41 bits per heavy atom.